The van der Waals surface area contributed by atoms with Gasteiger partial charge in [-0.2, -0.15) is 0 Å². The Balaban J connectivity index is 2.99. The van der Waals surface area contributed by atoms with Gasteiger partial charge in [-0.05, 0) is 24.1 Å². The van der Waals surface area contributed by atoms with Gasteiger partial charge in [-0.3, -0.25) is 10.1 Å². The van der Waals surface area contributed by atoms with Crippen molar-refractivity contribution in [2.75, 3.05) is 13.7 Å². The van der Waals surface area contributed by atoms with Crippen molar-refractivity contribution in [3.8, 4) is 5.75 Å². The van der Waals surface area contributed by atoms with Crippen molar-refractivity contribution >= 4 is 5.69 Å². The van der Waals surface area contributed by atoms with Gasteiger partial charge in [0.05, 0.1) is 29.8 Å². The lowest BCUT2D eigenvalue weighted by Crippen LogP contribution is -2.20. The largest absolute Gasteiger partial charge is 0.497 e. The number of aliphatic hydroxyl groups is 2. The predicted molar refractivity (Wildman–Crippen MR) is 69.2 cm³/mol. The predicted octanol–water partition coefficient (Wildman–Crippen LogP) is 1.70. The van der Waals surface area contributed by atoms with E-state index in [2.05, 4.69) is 10.0 Å². The summed E-state index contributed by atoms with van der Waals surface area (Å²) < 4.78 is 4.88. The fourth-order valence-corrected chi connectivity index (χ4v) is 1.66. The SMILES string of the molecule is COc1ccc(C(O)C(O)CCN=[N+]=[N-])c([N+](=O)[O-])c1. The number of hydrogen-bond donors (Lipinski definition) is 2. The Morgan fingerprint density at radius 2 is 2.25 bits per heavy atom. The Kier molecular flexibility index (Phi) is 5.73. The average molecular weight is 282 g/mol. The van der Waals surface area contributed by atoms with Crippen LogP contribution in [0.4, 0.5) is 5.69 Å². The summed E-state index contributed by atoms with van der Waals surface area (Å²) in [4.78, 5) is 12.8. The van der Waals surface area contributed by atoms with E-state index in [1.165, 1.54) is 25.3 Å². The second-order valence-electron chi connectivity index (χ2n) is 3.94. The zero-order chi connectivity index (χ0) is 15.1. The van der Waals surface area contributed by atoms with Crippen LogP contribution in [0.2, 0.25) is 0 Å². The van der Waals surface area contributed by atoms with Crippen LogP contribution in [-0.4, -0.2) is 34.9 Å². The van der Waals surface area contributed by atoms with Gasteiger partial charge >= 0.3 is 0 Å². The lowest BCUT2D eigenvalue weighted by atomic mass is 10.0. The maximum absolute atomic E-state index is 11.0. The quantitative estimate of drug-likeness (QED) is 0.257. The molecule has 0 fully saturated rings. The maximum atomic E-state index is 11.0. The summed E-state index contributed by atoms with van der Waals surface area (Å²) in [6.07, 6.45) is -2.73. The van der Waals surface area contributed by atoms with E-state index in [1.54, 1.807) is 0 Å². The summed E-state index contributed by atoms with van der Waals surface area (Å²) in [6, 6.07) is 3.93. The van der Waals surface area contributed by atoms with Crippen LogP contribution in [0.3, 0.4) is 0 Å². The molecule has 9 nitrogen and oxygen atoms in total. The molecule has 0 saturated carbocycles. The Morgan fingerprint density at radius 1 is 1.55 bits per heavy atom. The molecular formula is C11H14N4O5. The molecule has 2 unspecified atom stereocenters. The molecule has 0 radical (unpaired) electrons. The van der Waals surface area contributed by atoms with Gasteiger partial charge in [0.2, 0.25) is 0 Å². The van der Waals surface area contributed by atoms with Crippen LogP contribution in [0, 0.1) is 10.1 Å². The summed E-state index contributed by atoms with van der Waals surface area (Å²) in [5, 5.41) is 33.9. The molecule has 2 atom stereocenters. The van der Waals surface area contributed by atoms with Crippen LogP contribution < -0.4 is 4.74 Å². The lowest BCUT2D eigenvalue weighted by molar-refractivity contribution is -0.386. The smallest absolute Gasteiger partial charge is 0.279 e. The minimum atomic E-state index is -1.45. The number of benzene rings is 1. The number of methoxy groups -OCH3 is 1. The average Bonchev–Trinajstić information content (AvgIpc) is 2.45. The number of hydrogen-bond acceptors (Lipinski definition) is 6. The number of aliphatic hydroxyl groups excluding tert-OH is 2. The first-order valence-electron chi connectivity index (χ1n) is 5.70. The van der Waals surface area contributed by atoms with E-state index < -0.39 is 17.1 Å². The topological polar surface area (TPSA) is 142 Å². The molecule has 0 amide bonds. The fourth-order valence-electron chi connectivity index (χ4n) is 1.66. The summed E-state index contributed by atoms with van der Waals surface area (Å²) >= 11 is 0. The first-order valence-corrected chi connectivity index (χ1v) is 5.70. The molecule has 0 spiro atoms. The number of nitro benzene ring substituents is 1. The van der Waals surface area contributed by atoms with Crippen molar-refractivity contribution in [1.82, 2.24) is 0 Å². The summed E-state index contributed by atoms with van der Waals surface area (Å²) in [5.41, 5.74) is 7.75. The van der Waals surface area contributed by atoms with E-state index in [-0.39, 0.29) is 30.0 Å². The number of rotatable bonds is 7. The molecular weight excluding hydrogens is 268 g/mol. The highest BCUT2D eigenvalue weighted by molar-refractivity contribution is 5.47. The molecule has 0 aliphatic heterocycles. The minimum absolute atomic E-state index is 0.00555. The van der Waals surface area contributed by atoms with Gasteiger partial charge in [-0.25, -0.2) is 0 Å². The first-order chi connectivity index (χ1) is 9.51. The highest BCUT2D eigenvalue weighted by Crippen LogP contribution is 2.31. The monoisotopic (exact) mass is 282 g/mol. The zero-order valence-electron chi connectivity index (χ0n) is 10.7. The molecule has 0 bridgehead atoms. The van der Waals surface area contributed by atoms with Gasteiger partial charge in [0, 0.05) is 11.5 Å². The second-order valence-corrected chi connectivity index (χ2v) is 3.94. The van der Waals surface area contributed by atoms with Crippen molar-refractivity contribution in [3.63, 3.8) is 0 Å². The molecule has 0 aliphatic rings. The standard InChI is InChI=1S/C11H14N4O5/c1-20-7-2-3-8(9(6-7)15(18)19)11(17)10(16)4-5-13-14-12/h2-3,6,10-11,16-17H,4-5H2,1H3. The van der Waals surface area contributed by atoms with E-state index in [0.717, 1.165) is 0 Å². The molecule has 0 saturated heterocycles. The van der Waals surface area contributed by atoms with Crippen LogP contribution >= 0.6 is 0 Å². The number of azide groups is 1. The fraction of sp³-hybridized carbons (Fsp3) is 0.455. The van der Waals surface area contributed by atoms with Gasteiger partial charge in [0.1, 0.15) is 11.9 Å². The number of nitro groups is 1. The van der Waals surface area contributed by atoms with Gasteiger partial charge in [-0.1, -0.05) is 5.11 Å². The van der Waals surface area contributed by atoms with Crippen LogP contribution in [0.15, 0.2) is 23.3 Å². The van der Waals surface area contributed by atoms with Crippen molar-refractivity contribution in [3.05, 3.63) is 44.3 Å². The zero-order valence-corrected chi connectivity index (χ0v) is 10.7. The summed E-state index contributed by atoms with van der Waals surface area (Å²) in [7, 11) is 1.36. The van der Waals surface area contributed by atoms with Crippen molar-refractivity contribution in [1.29, 1.82) is 0 Å². The molecule has 108 valence electrons. The van der Waals surface area contributed by atoms with Crippen LogP contribution in [0.25, 0.3) is 10.4 Å². The highest BCUT2D eigenvalue weighted by atomic mass is 16.6. The van der Waals surface area contributed by atoms with Gasteiger partial charge in [0.25, 0.3) is 5.69 Å². The molecule has 0 heterocycles. The Morgan fingerprint density at radius 3 is 2.80 bits per heavy atom. The molecule has 0 aliphatic carbocycles. The van der Waals surface area contributed by atoms with Gasteiger partial charge in [-0.15, -0.1) is 0 Å². The normalized spacial score (nSPS) is 13.2. The van der Waals surface area contributed by atoms with Gasteiger partial charge < -0.3 is 14.9 Å². The third-order valence-electron chi connectivity index (χ3n) is 2.71. The number of nitrogens with zero attached hydrogens (tertiary/aromatic N) is 4. The van der Waals surface area contributed by atoms with Gasteiger partial charge in [0.15, 0.2) is 0 Å². The maximum Gasteiger partial charge on any atom is 0.279 e. The molecule has 0 aromatic heterocycles. The third-order valence-corrected chi connectivity index (χ3v) is 2.71. The number of ether oxygens (including phenoxy) is 1. The molecule has 2 N–H and O–H groups in total. The van der Waals surface area contributed by atoms with Crippen molar-refractivity contribution in [2.24, 2.45) is 5.11 Å². The third kappa shape index (κ3) is 3.82. The van der Waals surface area contributed by atoms with Crippen LogP contribution in [-0.2, 0) is 0 Å². The van der Waals surface area contributed by atoms with Crippen molar-refractivity contribution in [2.45, 2.75) is 18.6 Å². The van der Waals surface area contributed by atoms with Crippen LogP contribution in [0.1, 0.15) is 18.1 Å². The molecule has 1 aromatic carbocycles. The Bertz CT molecular complexity index is 530. The molecule has 1 aromatic rings. The second kappa shape index (κ2) is 7.29. The van der Waals surface area contributed by atoms with Crippen molar-refractivity contribution < 1.29 is 19.9 Å². The van der Waals surface area contributed by atoms with E-state index in [4.69, 9.17) is 10.3 Å². The Hall–Kier alpha value is -2.35. The Labute approximate surface area is 114 Å². The lowest BCUT2D eigenvalue weighted by Gasteiger charge is -2.17. The first kappa shape index (κ1) is 15.7. The van der Waals surface area contributed by atoms with E-state index >= 15 is 0 Å². The molecule has 9 heteroatoms. The highest BCUT2D eigenvalue weighted by Gasteiger charge is 2.26. The van der Waals surface area contributed by atoms with Crippen LogP contribution in [0.5, 0.6) is 5.75 Å². The van der Waals surface area contributed by atoms with E-state index in [1.807, 2.05) is 0 Å². The van der Waals surface area contributed by atoms with E-state index in [0.29, 0.717) is 0 Å². The molecule has 1 rings (SSSR count). The summed E-state index contributed by atoms with van der Waals surface area (Å²) in [5.74, 6) is 0.274. The minimum Gasteiger partial charge on any atom is -0.497 e. The molecule has 20 heavy (non-hydrogen) atoms. The van der Waals surface area contributed by atoms with E-state index in [9.17, 15) is 20.3 Å². The summed E-state index contributed by atoms with van der Waals surface area (Å²) in [6.45, 7) is -0.0152.